The second kappa shape index (κ2) is 3.58. The van der Waals surface area contributed by atoms with Crippen LogP contribution in [0.4, 0.5) is 17.6 Å². The summed E-state index contributed by atoms with van der Waals surface area (Å²) in [5.74, 6) is 0. The number of hydrogen-bond donors (Lipinski definition) is 1. The molecule has 2 atom stereocenters. The van der Waals surface area contributed by atoms with Crippen molar-refractivity contribution in [3.05, 3.63) is 0 Å². The summed E-state index contributed by atoms with van der Waals surface area (Å²) >= 11 is 0. The highest BCUT2D eigenvalue weighted by Crippen LogP contribution is 2.27. The second-order valence-electron chi connectivity index (χ2n) is 2.34. The molecule has 1 N–H and O–H groups in total. The van der Waals surface area contributed by atoms with Crippen LogP contribution in [0.15, 0.2) is 0 Å². The van der Waals surface area contributed by atoms with Gasteiger partial charge in [0.25, 0.3) is 0 Å². The SMILES string of the molecule is Cl.F[C@H]1CN[C@@H](C(F)(F)F)C1. The van der Waals surface area contributed by atoms with Gasteiger partial charge in [0.1, 0.15) is 12.2 Å². The average Bonchev–Trinajstić information content (AvgIpc) is 2.11. The zero-order valence-electron chi connectivity index (χ0n) is 5.49. The molecular formula is C5H8ClF4N. The molecule has 11 heavy (non-hydrogen) atoms. The van der Waals surface area contributed by atoms with Crippen molar-refractivity contribution in [1.29, 1.82) is 0 Å². The van der Waals surface area contributed by atoms with Crippen molar-refractivity contribution in [3.63, 3.8) is 0 Å². The Morgan fingerprint density at radius 1 is 1.27 bits per heavy atom. The molecule has 0 radical (unpaired) electrons. The topological polar surface area (TPSA) is 12.0 Å². The first-order valence-electron chi connectivity index (χ1n) is 2.94. The predicted molar refractivity (Wildman–Crippen MR) is 34.6 cm³/mol. The first kappa shape index (κ1) is 11.0. The van der Waals surface area contributed by atoms with Crippen LogP contribution in [-0.4, -0.2) is 24.9 Å². The molecule has 0 amide bonds. The molecule has 1 aliphatic heterocycles. The predicted octanol–water partition coefficient (Wildman–Crippen LogP) is 1.67. The molecule has 0 bridgehead atoms. The molecule has 0 saturated carbocycles. The minimum absolute atomic E-state index is 0. The third-order valence-electron chi connectivity index (χ3n) is 1.47. The first-order chi connectivity index (χ1) is 4.50. The highest BCUT2D eigenvalue weighted by atomic mass is 35.5. The fourth-order valence-corrected chi connectivity index (χ4v) is 0.942. The molecule has 0 unspecified atom stereocenters. The van der Waals surface area contributed by atoms with Crippen LogP contribution in [0.1, 0.15) is 6.42 Å². The molecule has 0 aromatic carbocycles. The van der Waals surface area contributed by atoms with E-state index in [-0.39, 0.29) is 19.0 Å². The van der Waals surface area contributed by atoms with Gasteiger partial charge in [-0.3, -0.25) is 0 Å². The van der Waals surface area contributed by atoms with Crippen LogP contribution in [0.3, 0.4) is 0 Å². The molecule has 68 valence electrons. The Labute approximate surface area is 67.6 Å². The van der Waals surface area contributed by atoms with E-state index in [0.29, 0.717) is 0 Å². The van der Waals surface area contributed by atoms with Crippen molar-refractivity contribution in [2.75, 3.05) is 6.54 Å². The summed E-state index contributed by atoms with van der Waals surface area (Å²) in [7, 11) is 0. The van der Waals surface area contributed by atoms with Gasteiger partial charge in [0.05, 0.1) is 0 Å². The summed E-state index contributed by atoms with van der Waals surface area (Å²) in [4.78, 5) is 0. The van der Waals surface area contributed by atoms with Crippen LogP contribution in [0.5, 0.6) is 0 Å². The molecule has 1 fully saturated rings. The standard InChI is InChI=1S/C5H7F4N.ClH/c6-3-1-4(10-2-3)5(7,8)9;/h3-4,10H,1-2H2;1H/t3-,4-;/m1./s1. The minimum Gasteiger partial charge on any atom is -0.303 e. The van der Waals surface area contributed by atoms with Gasteiger partial charge < -0.3 is 5.32 Å². The molecule has 1 aliphatic rings. The maximum Gasteiger partial charge on any atom is 0.403 e. The van der Waals surface area contributed by atoms with Crippen molar-refractivity contribution < 1.29 is 17.6 Å². The van der Waals surface area contributed by atoms with Crippen LogP contribution < -0.4 is 5.32 Å². The maximum absolute atomic E-state index is 12.1. The molecule has 0 aromatic rings. The summed E-state index contributed by atoms with van der Waals surface area (Å²) in [5.41, 5.74) is 0. The quantitative estimate of drug-likeness (QED) is 0.577. The van der Waals surface area contributed by atoms with Crippen molar-refractivity contribution in [3.8, 4) is 0 Å². The highest BCUT2D eigenvalue weighted by Gasteiger charge is 2.44. The summed E-state index contributed by atoms with van der Waals surface area (Å²) in [6, 6.07) is -1.64. The number of hydrogen-bond acceptors (Lipinski definition) is 1. The van der Waals surface area contributed by atoms with Crippen molar-refractivity contribution >= 4 is 12.4 Å². The largest absolute Gasteiger partial charge is 0.403 e. The Kier molecular flexibility index (Phi) is 3.57. The molecule has 1 heterocycles. The van der Waals surface area contributed by atoms with Crippen LogP contribution in [0.2, 0.25) is 0 Å². The van der Waals surface area contributed by atoms with Crippen LogP contribution >= 0.6 is 12.4 Å². The van der Waals surface area contributed by atoms with Crippen LogP contribution in [0, 0.1) is 0 Å². The number of halogens is 5. The number of alkyl halides is 4. The lowest BCUT2D eigenvalue weighted by Crippen LogP contribution is -2.36. The van der Waals surface area contributed by atoms with Crippen molar-refractivity contribution in [2.24, 2.45) is 0 Å². The van der Waals surface area contributed by atoms with Gasteiger partial charge in [0.15, 0.2) is 0 Å². The molecule has 1 rings (SSSR count). The molecule has 0 aliphatic carbocycles. The summed E-state index contributed by atoms with van der Waals surface area (Å²) in [5, 5.41) is 2.05. The monoisotopic (exact) mass is 193 g/mol. The Balaban J connectivity index is 0.000001000. The lowest BCUT2D eigenvalue weighted by molar-refractivity contribution is -0.152. The maximum atomic E-state index is 12.1. The zero-order chi connectivity index (χ0) is 7.78. The molecule has 1 nitrogen and oxygen atoms in total. The third kappa shape index (κ3) is 2.83. The fourth-order valence-electron chi connectivity index (χ4n) is 0.942. The van der Waals surface area contributed by atoms with Gasteiger partial charge in [-0.1, -0.05) is 0 Å². The number of nitrogens with one attached hydrogen (secondary N) is 1. The second-order valence-corrected chi connectivity index (χ2v) is 2.34. The molecule has 0 aromatic heterocycles. The Morgan fingerprint density at radius 3 is 2.00 bits per heavy atom. The smallest absolute Gasteiger partial charge is 0.303 e. The van der Waals surface area contributed by atoms with Crippen molar-refractivity contribution in [1.82, 2.24) is 5.32 Å². The van der Waals surface area contributed by atoms with Gasteiger partial charge >= 0.3 is 6.18 Å². The molecular weight excluding hydrogens is 186 g/mol. The summed E-state index contributed by atoms with van der Waals surface area (Å²) in [6.07, 6.45) is -6.07. The van der Waals surface area contributed by atoms with Crippen LogP contribution in [-0.2, 0) is 0 Å². The highest BCUT2D eigenvalue weighted by molar-refractivity contribution is 5.85. The average molecular weight is 194 g/mol. The normalized spacial score (nSPS) is 31.6. The lowest BCUT2D eigenvalue weighted by Gasteiger charge is -2.13. The van der Waals surface area contributed by atoms with Gasteiger partial charge in [-0.15, -0.1) is 12.4 Å². The Hall–Kier alpha value is -0.0300. The van der Waals surface area contributed by atoms with Gasteiger partial charge in [-0.05, 0) is 0 Å². The van der Waals surface area contributed by atoms with Gasteiger partial charge in [0, 0.05) is 13.0 Å². The van der Waals surface area contributed by atoms with E-state index in [1.54, 1.807) is 0 Å². The van der Waals surface area contributed by atoms with Crippen molar-refractivity contribution in [2.45, 2.75) is 24.8 Å². The Bertz CT molecular complexity index is 126. The minimum atomic E-state index is -4.29. The first-order valence-corrected chi connectivity index (χ1v) is 2.94. The van der Waals surface area contributed by atoms with E-state index >= 15 is 0 Å². The third-order valence-corrected chi connectivity index (χ3v) is 1.47. The summed E-state index contributed by atoms with van der Waals surface area (Å²) in [6.45, 7) is -0.176. The van der Waals surface area contributed by atoms with Gasteiger partial charge in [-0.2, -0.15) is 13.2 Å². The van der Waals surface area contributed by atoms with E-state index in [1.807, 2.05) is 5.32 Å². The van der Waals surface area contributed by atoms with E-state index in [0.717, 1.165) is 0 Å². The van der Waals surface area contributed by atoms with E-state index < -0.39 is 24.8 Å². The molecule has 0 spiro atoms. The lowest BCUT2D eigenvalue weighted by atomic mass is 10.2. The molecule has 6 heteroatoms. The van der Waals surface area contributed by atoms with E-state index in [9.17, 15) is 17.6 Å². The fraction of sp³-hybridized carbons (Fsp3) is 1.00. The van der Waals surface area contributed by atoms with Gasteiger partial charge in [-0.25, -0.2) is 4.39 Å². The van der Waals surface area contributed by atoms with E-state index in [4.69, 9.17) is 0 Å². The molecule has 1 saturated heterocycles. The van der Waals surface area contributed by atoms with Gasteiger partial charge in [0.2, 0.25) is 0 Å². The van der Waals surface area contributed by atoms with E-state index in [1.165, 1.54) is 0 Å². The number of rotatable bonds is 0. The Morgan fingerprint density at radius 2 is 1.82 bits per heavy atom. The zero-order valence-corrected chi connectivity index (χ0v) is 6.31. The summed E-state index contributed by atoms with van der Waals surface area (Å²) < 4.78 is 47.3. The van der Waals surface area contributed by atoms with Crippen LogP contribution in [0.25, 0.3) is 0 Å². The van der Waals surface area contributed by atoms with E-state index in [2.05, 4.69) is 0 Å².